The van der Waals surface area contributed by atoms with Crippen molar-refractivity contribution in [1.29, 1.82) is 0 Å². The second-order valence-electron chi connectivity index (χ2n) is 6.64. The lowest BCUT2D eigenvalue weighted by atomic mass is 10.1. The Hall–Kier alpha value is -2.21. The van der Waals surface area contributed by atoms with Crippen molar-refractivity contribution < 1.29 is 9.18 Å². The summed E-state index contributed by atoms with van der Waals surface area (Å²) in [6.07, 6.45) is 2.75. The number of nitrogens with zero attached hydrogens (tertiary/aromatic N) is 4. The van der Waals surface area contributed by atoms with Gasteiger partial charge < -0.3 is 4.90 Å². The number of halogens is 1. The second kappa shape index (κ2) is 7.78. The molecule has 1 aromatic carbocycles. The lowest BCUT2D eigenvalue weighted by Gasteiger charge is -2.23. The maximum absolute atomic E-state index is 13.5. The van der Waals surface area contributed by atoms with Crippen LogP contribution in [-0.2, 0) is 6.54 Å². The summed E-state index contributed by atoms with van der Waals surface area (Å²) >= 11 is 0. The summed E-state index contributed by atoms with van der Waals surface area (Å²) in [6, 6.07) is 6.41. The maximum Gasteiger partial charge on any atom is 0.254 e. The first-order valence-corrected chi connectivity index (χ1v) is 8.81. The van der Waals surface area contributed by atoms with Gasteiger partial charge in [0.05, 0.1) is 6.54 Å². The third-order valence-corrected chi connectivity index (χ3v) is 4.86. The summed E-state index contributed by atoms with van der Waals surface area (Å²) in [5, 5.41) is 4.31. The average molecular weight is 344 g/mol. The van der Waals surface area contributed by atoms with E-state index in [1.54, 1.807) is 6.07 Å². The number of benzene rings is 1. The van der Waals surface area contributed by atoms with Crippen molar-refractivity contribution in [1.82, 2.24) is 19.6 Å². The van der Waals surface area contributed by atoms with Crippen LogP contribution in [-0.4, -0.2) is 58.2 Å². The van der Waals surface area contributed by atoms with Crippen molar-refractivity contribution in [3.05, 3.63) is 53.1 Å². The third-order valence-electron chi connectivity index (χ3n) is 4.86. The Morgan fingerprint density at radius 1 is 1.12 bits per heavy atom. The molecular formula is C19H25FN4O. The zero-order valence-electron chi connectivity index (χ0n) is 14.9. The van der Waals surface area contributed by atoms with Gasteiger partial charge in [0.1, 0.15) is 5.82 Å². The SMILES string of the molecule is Cc1ccc(F)cc1C(=O)N1CCCN(CCn2nccc2C)CC1. The van der Waals surface area contributed by atoms with Gasteiger partial charge in [0.2, 0.25) is 0 Å². The van der Waals surface area contributed by atoms with Gasteiger partial charge >= 0.3 is 0 Å². The number of aromatic nitrogens is 2. The molecule has 1 aromatic heterocycles. The minimum atomic E-state index is -0.361. The van der Waals surface area contributed by atoms with Crippen LogP contribution in [0.25, 0.3) is 0 Å². The molecule has 0 unspecified atom stereocenters. The molecule has 2 heterocycles. The zero-order chi connectivity index (χ0) is 17.8. The number of rotatable bonds is 4. The highest BCUT2D eigenvalue weighted by atomic mass is 19.1. The lowest BCUT2D eigenvalue weighted by molar-refractivity contribution is 0.0760. The van der Waals surface area contributed by atoms with Gasteiger partial charge in [-0.25, -0.2) is 4.39 Å². The molecule has 1 fully saturated rings. The Balaban J connectivity index is 1.58. The van der Waals surface area contributed by atoms with Crippen LogP contribution in [0.3, 0.4) is 0 Å². The van der Waals surface area contributed by atoms with E-state index in [2.05, 4.69) is 16.9 Å². The van der Waals surface area contributed by atoms with Crippen molar-refractivity contribution in [3.63, 3.8) is 0 Å². The number of hydrogen-bond acceptors (Lipinski definition) is 3. The van der Waals surface area contributed by atoms with Gasteiger partial charge in [-0.1, -0.05) is 6.07 Å². The minimum absolute atomic E-state index is 0.0678. The standard InChI is InChI=1S/C19H25FN4O/c1-15-4-5-17(20)14-18(15)19(25)23-9-3-8-22(10-12-23)11-13-24-16(2)6-7-21-24/h4-7,14H,3,8-13H2,1-2H3. The van der Waals surface area contributed by atoms with Crippen LogP contribution in [0.1, 0.15) is 28.0 Å². The van der Waals surface area contributed by atoms with E-state index in [-0.39, 0.29) is 11.7 Å². The van der Waals surface area contributed by atoms with Crippen LogP contribution in [0.5, 0.6) is 0 Å². The molecular weight excluding hydrogens is 319 g/mol. The first-order valence-electron chi connectivity index (χ1n) is 8.81. The molecule has 0 spiro atoms. The van der Waals surface area contributed by atoms with E-state index in [1.807, 2.05) is 28.8 Å². The van der Waals surface area contributed by atoms with E-state index < -0.39 is 0 Å². The summed E-state index contributed by atoms with van der Waals surface area (Å²) in [5.41, 5.74) is 2.45. The van der Waals surface area contributed by atoms with Crippen LogP contribution < -0.4 is 0 Å². The molecule has 0 radical (unpaired) electrons. The highest BCUT2D eigenvalue weighted by molar-refractivity contribution is 5.95. The molecule has 0 N–H and O–H groups in total. The predicted molar refractivity (Wildman–Crippen MR) is 95.1 cm³/mol. The molecule has 0 bridgehead atoms. The summed E-state index contributed by atoms with van der Waals surface area (Å²) < 4.78 is 15.5. The first-order chi connectivity index (χ1) is 12.0. The van der Waals surface area contributed by atoms with Gasteiger partial charge in [-0.15, -0.1) is 0 Å². The van der Waals surface area contributed by atoms with Gasteiger partial charge in [-0.05, 0) is 50.6 Å². The molecule has 5 nitrogen and oxygen atoms in total. The monoisotopic (exact) mass is 344 g/mol. The normalized spacial score (nSPS) is 16.0. The average Bonchev–Trinajstić information content (AvgIpc) is 2.87. The Labute approximate surface area is 148 Å². The fourth-order valence-electron chi connectivity index (χ4n) is 3.26. The van der Waals surface area contributed by atoms with Gasteiger partial charge in [-0.2, -0.15) is 5.10 Å². The summed E-state index contributed by atoms with van der Waals surface area (Å²) in [5.74, 6) is -0.429. The summed E-state index contributed by atoms with van der Waals surface area (Å²) in [6.45, 7) is 8.87. The quantitative estimate of drug-likeness (QED) is 0.856. The van der Waals surface area contributed by atoms with Crippen LogP contribution in [0.4, 0.5) is 4.39 Å². The van der Waals surface area contributed by atoms with E-state index in [0.29, 0.717) is 18.7 Å². The fraction of sp³-hybridized carbons (Fsp3) is 0.474. The fourth-order valence-corrected chi connectivity index (χ4v) is 3.26. The number of carbonyl (C=O) groups excluding carboxylic acids is 1. The van der Waals surface area contributed by atoms with E-state index in [9.17, 15) is 9.18 Å². The third kappa shape index (κ3) is 4.25. The number of hydrogen-bond donors (Lipinski definition) is 0. The minimum Gasteiger partial charge on any atom is -0.337 e. The van der Waals surface area contributed by atoms with Crippen molar-refractivity contribution in [2.24, 2.45) is 0 Å². The van der Waals surface area contributed by atoms with Crippen molar-refractivity contribution in [3.8, 4) is 0 Å². The molecule has 0 atom stereocenters. The smallest absolute Gasteiger partial charge is 0.254 e. The lowest BCUT2D eigenvalue weighted by Crippen LogP contribution is -2.36. The van der Waals surface area contributed by atoms with E-state index >= 15 is 0 Å². The molecule has 134 valence electrons. The molecule has 1 saturated heterocycles. The second-order valence-corrected chi connectivity index (χ2v) is 6.64. The number of amides is 1. The van der Waals surface area contributed by atoms with Crippen molar-refractivity contribution in [2.45, 2.75) is 26.8 Å². The molecule has 0 saturated carbocycles. The van der Waals surface area contributed by atoms with Crippen LogP contribution >= 0.6 is 0 Å². The Kier molecular flexibility index (Phi) is 5.48. The molecule has 1 aliphatic rings. The largest absolute Gasteiger partial charge is 0.337 e. The van der Waals surface area contributed by atoms with Gasteiger partial charge in [0, 0.05) is 43.6 Å². The van der Waals surface area contributed by atoms with Crippen molar-refractivity contribution >= 4 is 5.91 Å². The molecule has 0 aliphatic carbocycles. The molecule has 3 rings (SSSR count). The van der Waals surface area contributed by atoms with Crippen LogP contribution in [0, 0.1) is 19.7 Å². The van der Waals surface area contributed by atoms with E-state index in [0.717, 1.165) is 43.9 Å². The Morgan fingerprint density at radius 3 is 2.72 bits per heavy atom. The molecule has 1 aliphatic heterocycles. The zero-order valence-corrected chi connectivity index (χ0v) is 14.9. The first kappa shape index (κ1) is 17.6. The highest BCUT2D eigenvalue weighted by Gasteiger charge is 2.21. The van der Waals surface area contributed by atoms with Gasteiger partial charge in [-0.3, -0.25) is 14.4 Å². The van der Waals surface area contributed by atoms with Crippen molar-refractivity contribution in [2.75, 3.05) is 32.7 Å². The molecule has 2 aromatic rings. The number of carbonyl (C=O) groups is 1. The van der Waals surface area contributed by atoms with Crippen LogP contribution in [0.2, 0.25) is 0 Å². The topological polar surface area (TPSA) is 41.4 Å². The van der Waals surface area contributed by atoms with Gasteiger partial charge in [0.15, 0.2) is 0 Å². The highest BCUT2D eigenvalue weighted by Crippen LogP contribution is 2.15. The molecule has 6 heteroatoms. The summed E-state index contributed by atoms with van der Waals surface area (Å²) in [4.78, 5) is 17.0. The maximum atomic E-state index is 13.5. The molecule has 25 heavy (non-hydrogen) atoms. The number of aryl methyl sites for hydroxylation is 2. The summed E-state index contributed by atoms with van der Waals surface area (Å²) in [7, 11) is 0. The Morgan fingerprint density at radius 2 is 1.96 bits per heavy atom. The Bertz CT molecular complexity index is 743. The van der Waals surface area contributed by atoms with E-state index in [4.69, 9.17) is 0 Å². The van der Waals surface area contributed by atoms with E-state index in [1.165, 1.54) is 12.1 Å². The molecule has 1 amide bonds. The van der Waals surface area contributed by atoms with Crippen LogP contribution in [0.15, 0.2) is 30.5 Å². The van der Waals surface area contributed by atoms with Gasteiger partial charge in [0.25, 0.3) is 5.91 Å². The predicted octanol–water partition coefficient (Wildman–Crippen LogP) is 2.49.